The molecule has 0 spiro atoms. The molecule has 2 atom stereocenters. The van der Waals surface area contributed by atoms with Gasteiger partial charge in [-0.05, 0) is 13.3 Å². The van der Waals surface area contributed by atoms with Crippen LogP contribution in [0.3, 0.4) is 0 Å². The van der Waals surface area contributed by atoms with Crippen LogP contribution in [0.15, 0.2) is 0 Å². The maximum atomic E-state index is 11.7. The number of nitrogens with one attached hydrogen (secondary N) is 2. The maximum Gasteiger partial charge on any atom is 0.327 e. The average molecular weight is 318 g/mol. The number of carbonyl (C=O) groups is 3. The number of hydrogen-bond donors (Lipinski definition) is 3. The summed E-state index contributed by atoms with van der Waals surface area (Å²) in [5.41, 5.74) is 0. The Balaban J connectivity index is 3.90. The Morgan fingerprint density at radius 1 is 1.19 bits per heavy atom. The van der Waals surface area contributed by atoms with Crippen LogP contribution in [0, 0.1) is 0 Å². The van der Waals surface area contributed by atoms with Gasteiger partial charge in [0.05, 0.1) is 5.75 Å². The van der Waals surface area contributed by atoms with E-state index in [0.717, 1.165) is 25.7 Å². The molecule has 0 fully saturated rings. The van der Waals surface area contributed by atoms with Crippen LogP contribution >= 0.6 is 11.8 Å². The van der Waals surface area contributed by atoms with Crippen molar-refractivity contribution in [3.05, 3.63) is 0 Å². The number of aliphatic carboxylic acids is 1. The van der Waals surface area contributed by atoms with Crippen molar-refractivity contribution in [2.24, 2.45) is 0 Å². The predicted octanol–water partition coefficient (Wildman–Crippen LogP) is 1.39. The number of amides is 2. The van der Waals surface area contributed by atoms with Crippen molar-refractivity contribution in [3.8, 4) is 0 Å². The van der Waals surface area contributed by atoms with Gasteiger partial charge in [0.2, 0.25) is 11.8 Å². The number of hydrogen-bond acceptors (Lipinski definition) is 4. The summed E-state index contributed by atoms with van der Waals surface area (Å²) in [4.78, 5) is 33.5. The molecule has 0 radical (unpaired) electrons. The fourth-order valence-electron chi connectivity index (χ4n) is 1.78. The molecule has 2 unspecified atom stereocenters. The lowest BCUT2D eigenvalue weighted by molar-refractivity contribution is -0.140. The smallest absolute Gasteiger partial charge is 0.327 e. The number of carboxylic acids is 1. The van der Waals surface area contributed by atoms with Crippen LogP contribution in [0.25, 0.3) is 0 Å². The van der Waals surface area contributed by atoms with Crippen molar-refractivity contribution >= 4 is 29.5 Å². The molecule has 21 heavy (non-hydrogen) atoms. The molecule has 0 aliphatic rings. The normalized spacial score (nSPS) is 13.3. The van der Waals surface area contributed by atoms with Crippen LogP contribution in [0.4, 0.5) is 0 Å². The first-order valence-corrected chi connectivity index (χ1v) is 8.39. The van der Waals surface area contributed by atoms with E-state index in [0.29, 0.717) is 0 Å². The van der Waals surface area contributed by atoms with Gasteiger partial charge in [-0.15, -0.1) is 11.8 Å². The Hall–Kier alpha value is -1.24. The van der Waals surface area contributed by atoms with Crippen molar-refractivity contribution < 1.29 is 19.5 Å². The maximum absolute atomic E-state index is 11.7. The van der Waals surface area contributed by atoms with Gasteiger partial charge in [0.25, 0.3) is 0 Å². The monoisotopic (exact) mass is 318 g/mol. The number of rotatable bonds is 11. The fraction of sp³-hybridized carbons (Fsp3) is 0.786. The summed E-state index contributed by atoms with van der Waals surface area (Å²) in [7, 11) is 0. The summed E-state index contributed by atoms with van der Waals surface area (Å²) < 4.78 is 0. The van der Waals surface area contributed by atoms with E-state index in [1.165, 1.54) is 18.7 Å². The number of carboxylic acid groups (broad SMARTS) is 1. The van der Waals surface area contributed by atoms with Gasteiger partial charge >= 0.3 is 5.97 Å². The SMILES string of the molecule is CCCCCC(C)NC(=O)CSCC(NC(C)=O)C(=O)O. The molecule has 0 bridgehead atoms. The topological polar surface area (TPSA) is 95.5 Å². The highest BCUT2D eigenvalue weighted by molar-refractivity contribution is 8.00. The molecule has 3 N–H and O–H groups in total. The highest BCUT2D eigenvalue weighted by Crippen LogP contribution is 2.06. The molecular weight excluding hydrogens is 292 g/mol. The Bertz CT molecular complexity index is 350. The van der Waals surface area contributed by atoms with Crippen LogP contribution in [-0.4, -0.2) is 46.5 Å². The van der Waals surface area contributed by atoms with Crippen molar-refractivity contribution in [3.63, 3.8) is 0 Å². The molecule has 0 saturated carbocycles. The summed E-state index contributed by atoms with van der Waals surface area (Å²) in [6.07, 6.45) is 4.35. The Morgan fingerprint density at radius 3 is 2.38 bits per heavy atom. The molecule has 0 rings (SSSR count). The second kappa shape index (κ2) is 11.4. The first-order chi connectivity index (χ1) is 9.86. The molecule has 7 heteroatoms. The minimum absolute atomic E-state index is 0.101. The molecule has 0 aromatic carbocycles. The highest BCUT2D eigenvalue weighted by Gasteiger charge is 2.18. The van der Waals surface area contributed by atoms with Crippen LogP contribution in [-0.2, 0) is 14.4 Å². The predicted molar refractivity (Wildman–Crippen MR) is 84.3 cm³/mol. The first kappa shape index (κ1) is 19.8. The summed E-state index contributed by atoms with van der Waals surface area (Å²) in [6, 6.07) is -0.822. The molecule has 0 saturated heterocycles. The standard InChI is InChI=1S/C14H26N2O4S/c1-4-5-6-7-10(2)15-13(18)9-21-8-12(14(19)20)16-11(3)17/h10,12H,4-9H2,1-3H3,(H,15,18)(H,16,17)(H,19,20). The van der Waals surface area contributed by atoms with Gasteiger partial charge in [-0.2, -0.15) is 0 Å². The third-order valence-corrected chi connectivity index (χ3v) is 3.88. The summed E-state index contributed by atoms with van der Waals surface area (Å²) in [5, 5.41) is 14.1. The highest BCUT2D eigenvalue weighted by atomic mass is 32.2. The van der Waals surface area contributed by atoms with E-state index in [-0.39, 0.29) is 23.5 Å². The lowest BCUT2D eigenvalue weighted by Crippen LogP contribution is -2.42. The van der Waals surface area contributed by atoms with Crippen LogP contribution in [0.1, 0.15) is 46.5 Å². The molecule has 0 heterocycles. The van der Waals surface area contributed by atoms with E-state index >= 15 is 0 Å². The summed E-state index contributed by atoms with van der Waals surface area (Å²) in [6.45, 7) is 5.37. The molecule has 6 nitrogen and oxygen atoms in total. The summed E-state index contributed by atoms with van der Waals surface area (Å²) in [5.74, 6) is -1.22. The van der Waals surface area contributed by atoms with Crippen LogP contribution < -0.4 is 10.6 Å². The Morgan fingerprint density at radius 2 is 1.86 bits per heavy atom. The third-order valence-electron chi connectivity index (χ3n) is 2.84. The van der Waals surface area contributed by atoms with Crippen LogP contribution in [0.2, 0.25) is 0 Å². The van der Waals surface area contributed by atoms with E-state index in [1.807, 2.05) is 6.92 Å². The second-order valence-corrected chi connectivity index (χ2v) is 6.10. The third kappa shape index (κ3) is 11.1. The molecule has 122 valence electrons. The lowest BCUT2D eigenvalue weighted by Gasteiger charge is -2.15. The largest absolute Gasteiger partial charge is 0.480 e. The van der Waals surface area contributed by atoms with Crippen LogP contribution in [0.5, 0.6) is 0 Å². The molecule has 2 amide bonds. The van der Waals surface area contributed by atoms with Crippen molar-refractivity contribution in [2.75, 3.05) is 11.5 Å². The van der Waals surface area contributed by atoms with E-state index in [9.17, 15) is 14.4 Å². The zero-order valence-electron chi connectivity index (χ0n) is 13.0. The quantitative estimate of drug-likeness (QED) is 0.500. The molecule has 0 aromatic rings. The van der Waals surface area contributed by atoms with Crippen molar-refractivity contribution in [1.29, 1.82) is 0 Å². The van der Waals surface area contributed by atoms with Gasteiger partial charge in [-0.3, -0.25) is 9.59 Å². The van der Waals surface area contributed by atoms with E-state index in [4.69, 9.17) is 5.11 Å². The first-order valence-electron chi connectivity index (χ1n) is 7.23. The minimum Gasteiger partial charge on any atom is -0.480 e. The van der Waals surface area contributed by atoms with Crippen molar-refractivity contribution in [1.82, 2.24) is 10.6 Å². The Kier molecular flexibility index (Phi) is 10.7. The Labute approximate surface area is 130 Å². The van der Waals surface area contributed by atoms with E-state index < -0.39 is 17.9 Å². The average Bonchev–Trinajstić information content (AvgIpc) is 2.37. The molecule has 0 aromatic heterocycles. The number of carbonyl (C=O) groups excluding carboxylic acids is 2. The minimum atomic E-state index is -1.09. The zero-order valence-corrected chi connectivity index (χ0v) is 13.8. The van der Waals surface area contributed by atoms with E-state index in [2.05, 4.69) is 17.6 Å². The molecule has 0 aliphatic carbocycles. The fourth-order valence-corrected chi connectivity index (χ4v) is 2.63. The van der Waals surface area contributed by atoms with Gasteiger partial charge in [0.15, 0.2) is 0 Å². The second-order valence-electron chi connectivity index (χ2n) is 5.07. The molecular formula is C14H26N2O4S. The lowest BCUT2D eigenvalue weighted by atomic mass is 10.1. The number of unbranched alkanes of at least 4 members (excludes halogenated alkanes) is 2. The van der Waals surface area contributed by atoms with E-state index in [1.54, 1.807) is 0 Å². The van der Waals surface area contributed by atoms with Gasteiger partial charge < -0.3 is 15.7 Å². The van der Waals surface area contributed by atoms with Crippen molar-refractivity contribution in [2.45, 2.75) is 58.5 Å². The van der Waals surface area contributed by atoms with Gasteiger partial charge in [0, 0.05) is 18.7 Å². The molecule has 0 aliphatic heterocycles. The zero-order chi connectivity index (χ0) is 16.3. The summed E-state index contributed by atoms with van der Waals surface area (Å²) >= 11 is 1.20. The van der Waals surface area contributed by atoms with Gasteiger partial charge in [-0.1, -0.05) is 26.2 Å². The van der Waals surface area contributed by atoms with Gasteiger partial charge in [-0.25, -0.2) is 4.79 Å². The number of thioether (sulfide) groups is 1. The van der Waals surface area contributed by atoms with Gasteiger partial charge in [0.1, 0.15) is 6.04 Å².